The number of hydrogen-bond donors (Lipinski definition) is 2. The van der Waals surface area contributed by atoms with Crippen LogP contribution in [0.3, 0.4) is 0 Å². The summed E-state index contributed by atoms with van der Waals surface area (Å²) < 4.78 is 23.0. The number of nitrogens with two attached hydrogens (primary N) is 1. The highest BCUT2D eigenvalue weighted by Gasteiger charge is 2.14. The molecule has 8 heteroatoms. The van der Waals surface area contributed by atoms with Crippen molar-refractivity contribution in [1.82, 2.24) is 9.97 Å². The monoisotopic (exact) mass is 353 g/mol. The molecule has 0 fully saturated rings. The first-order chi connectivity index (χ1) is 11.8. The molecule has 0 saturated heterocycles. The lowest BCUT2D eigenvalue weighted by atomic mass is 10.1. The Morgan fingerprint density at radius 2 is 1.72 bits per heavy atom. The Balaban J connectivity index is 2.12. The van der Waals surface area contributed by atoms with Crippen molar-refractivity contribution < 1.29 is 18.3 Å². The number of para-hydroxylation sites is 1. The van der Waals surface area contributed by atoms with Crippen molar-refractivity contribution in [3.05, 3.63) is 54.1 Å². The maximum atomic E-state index is 11.5. The van der Waals surface area contributed by atoms with E-state index < -0.39 is 16.0 Å². The van der Waals surface area contributed by atoms with Gasteiger partial charge in [0.05, 0.1) is 27.0 Å². The molecule has 0 bridgehead atoms. The quantitative estimate of drug-likeness (QED) is 0.421. The van der Waals surface area contributed by atoms with Crippen LogP contribution in [0.1, 0.15) is 10.4 Å². The van der Waals surface area contributed by atoms with Crippen molar-refractivity contribution in [3.63, 3.8) is 0 Å². The summed E-state index contributed by atoms with van der Waals surface area (Å²) in [6.07, 6.45) is 0. The molecule has 0 atom stereocenters. The van der Waals surface area contributed by atoms with E-state index in [4.69, 9.17) is 5.14 Å². The molecule has 7 nitrogen and oxygen atoms in total. The summed E-state index contributed by atoms with van der Waals surface area (Å²) in [6, 6.07) is 12.7. The minimum Gasteiger partial charge on any atom is -0.478 e. The largest absolute Gasteiger partial charge is 0.478 e. The third-order valence-corrected chi connectivity index (χ3v) is 4.89. The van der Waals surface area contributed by atoms with Gasteiger partial charge in [0.25, 0.3) is 0 Å². The van der Waals surface area contributed by atoms with Crippen LogP contribution in [-0.4, -0.2) is 29.5 Å². The predicted octanol–water partition coefficient (Wildman–Crippen LogP) is 2.28. The molecule has 3 N–H and O–H groups in total. The fourth-order valence-corrected chi connectivity index (χ4v) is 3.37. The zero-order valence-electron chi connectivity index (χ0n) is 12.7. The SMILES string of the molecule is NS(=O)(=O)c1ccc2c(ccc3nc4cccc(C(=O)O)c4nc32)c1. The third-order valence-electron chi connectivity index (χ3n) is 3.98. The molecule has 0 unspecified atom stereocenters. The van der Waals surface area contributed by atoms with Gasteiger partial charge in [-0.15, -0.1) is 0 Å². The Bertz CT molecular complexity index is 1300. The highest BCUT2D eigenvalue weighted by molar-refractivity contribution is 7.89. The van der Waals surface area contributed by atoms with Gasteiger partial charge in [0.15, 0.2) is 0 Å². The van der Waals surface area contributed by atoms with Gasteiger partial charge in [-0.1, -0.05) is 18.2 Å². The summed E-state index contributed by atoms with van der Waals surface area (Å²) in [5.74, 6) is -1.09. The lowest BCUT2D eigenvalue weighted by molar-refractivity contribution is 0.0699. The van der Waals surface area contributed by atoms with Gasteiger partial charge in [0.2, 0.25) is 10.0 Å². The van der Waals surface area contributed by atoms with Crippen molar-refractivity contribution in [3.8, 4) is 0 Å². The number of aromatic carboxylic acids is 1. The van der Waals surface area contributed by atoms with Crippen LogP contribution in [0.4, 0.5) is 0 Å². The zero-order valence-corrected chi connectivity index (χ0v) is 13.5. The molecule has 0 radical (unpaired) electrons. The second-order valence-electron chi connectivity index (χ2n) is 5.56. The van der Waals surface area contributed by atoms with Gasteiger partial charge in [0, 0.05) is 5.39 Å². The van der Waals surface area contributed by atoms with E-state index in [2.05, 4.69) is 9.97 Å². The fourth-order valence-electron chi connectivity index (χ4n) is 2.82. The zero-order chi connectivity index (χ0) is 17.8. The summed E-state index contributed by atoms with van der Waals surface area (Å²) in [7, 11) is -3.81. The number of primary sulfonamides is 1. The third kappa shape index (κ3) is 2.48. The second-order valence-corrected chi connectivity index (χ2v) is 7.12. The lowest BCUT2D eigenvalue weighted by Gasteiger charge is -2.07. The predicted molar refractivity (Wildman–Crippen MR) is 92.9 cm³/mol. The number of carbonyl (C=O) groups is 1. The number of nitrogens with zero attached hydrogens (tertiary/aromatic N) is 2. The molecule has 0 amide bonds. The number of rotatable bonds is 2. The summed E-state index contributed by atoms with van der Waals surface area (Å²) >= 11 is 0. The van der Waals surface area contributed by atoms with Crippen LogP contribution in [0.25, 0.3) is 32.8 Å². The maximum Gasteiger partial charge on any atom is 0.337 e. The summed E-state index contributed by atoms with van der Waals surface area (Å²) in [6.45, 7) is 0. The van der Waals surface area contributed by atoms with Crippen LogP contribution in [0, 0.1) is 0 Å². The highest BCUT2D eigenvalue weighted by atomic mass is 32.2. The molecule has 25 heavy (non-hydrogen) atoms. The number of benzene rings is 3. The average molecular weight is 353 g/mol. The van der Waals surface area contributed by atoms with E-state index in [0.29, 0.717) is 27.3 Å². The van der Waals surface area contributed by atoms with E-state index in [-0.39, 0.29) is 16.0 Å². The molecule has 1 aromatic heterocycles. The van der Waals surface area contributed by atoms with Crippen LogP contribution in [0.2, 0.25) is 0 Å². The summed E-state index contributed by atoms with van der Waals surface area (Å²) in [5, 5.41) is 15.8. The molecule has 4 rings (SSSR count). The Hall–Kier alpha value is -3.10. The van der Waals surface area contributed by atoms with E-state index in [1.807, 2.05) is 0 Å². The topological polar surface area (TPSA) is 123 Å². The Labute approximate surface area is 141 Å². The maximum absolute atomic E-state index is 11.5. The molecule has 3 aromatic carbocycles. The van der Waals surface area contributed by atoms with Crippen molar-refractivity contribution in [1.29, 1.82) is 0 Å². The number of carboxylic acid groups (broad SMARTS) is 1. The van der Waals surface area contributed by atoms with Crippen LogP contribution in [0.15, 0.2) is 53.4 Å². The molecule has 0 saturated carbocycles. The van der Waals surface area contributed by atoms with Crippen molar-refractivity contribution >= 4 is 48.8 Å². The minimum atomic E-state index is -3.81. The number of hydrogen-bond acceptors (Lipinski definition) is 5. The molecule has 0 aliphatic carbocycles. The van der Waals surface area contributed by atoms with E-state index in [0.717, 1.165) is 0 Å². The molecule has 0 spiro atoms. The number of carboxylic acids is 1. The Morgan fingerprint density at radius 1 is 0.960 bits per heavy atom. The highest BCUT2D eigenvalue weighted by Crippen LogP contribution is 2.27. The molecular weight excluding hydrogens is 342 g/mol. The Morgan fingerprint density at radius 3 is 2.44 bits per heavy atom. The van der Waals surface area contributed by atoms with Gasteiger partial charge in [-0.3, -0.25) is 0 Å². The average Bonchev–Trinajstić information content (AvgIpc) is 2.58. The smallest absolute Gasteiger partial charge is 0.337 e. The van der Waals surface area contributed by atoms with Gasteiger partial charge < -0.3 is 5.11 Å². The number of aromatic nitrogens is 2. The van der Waals surface area contributed by atoms with Crippen molar-refractivity contribution in [2.75, 3.05) is 0 Å². The van der Waals surface area contributed by atoms with E-state index in [1.165, 1.54) is 18.2 Å². The van der Waals surface area contributed by atoms with Crippen LogP contribution in [0.5, 0.6) is 0 Å². The normalized spacial score (nSPS) is 12.0. The van der Waals surface area contributed by atoms with Crippen LogP contribution < -0.4 is 5.14 Å². The standard InChI is InChI=1S/C17H11N3O4S/c18-25(23,24)10-5-6-11-9(8-10)4-7-14-15(11)20-16-12(17(21)22)2-1-3-13(16)19-14/h1-8H,(H,21,22)(H2,18,23,24). The summed E-state index contributed by atoms with van der Waals surface area (Å²) in [4.78, 5) is 20.4. The molecule has 0 aliphatic rings. The van der Waals surface area contributed by atoms with Crippen LogP contribution in [-0.2, 0) is 10.0 Å². The van der Waals surface area contributed by atoms with Crippen molar-refractivity contribution in [2.45, 2.75) is 4.90 Å². The second kappa shape index (κ2) is 5.20. The number of fused-ring (bicyclic) bond motifs is 4. The van der Waals surface area contributed by atoms with Gasteiger partial charge in [0.1, 0.15) is 5.52 Å². The fraction of sp³-hybridized carbons (Fsp3) is 0. The molecular formula is C17H11N3O4S. The molecule has 0 aliphatic heterocycles. The number of sulfonamides is 1. The first-order valence-corrected chi connectivity index (χ1v) is 8.78. The molecule has 4 aromatic rings. The Kier molecular flexibility index (Phi) is 3.21. The van der Waals surface area contributed by atoms with E-state index in [1.54, 1.807) is 30.3 Å². The van der Waals surface area contributed by atoms with Gasteiger partial charge in [-0.2, -0.15) is 0 Å². The van der Waals surface area contributed by atoms with Gasteiger partial charge in [-0.05, 0) is 35.7 Å². The van der Waals surface area contributed by atoms with Gasteiger partial charge in [-0.25, -0.2) is 28.3 Å². The molecule has 124 valence electrons. The lowest BCUT2D eigenvalue weighted by Crippen LogP contribution is -2.11. The molecule has 1 heterocycles. The first kappa shape index (κ1) is 15.4. The summed E-state index contributed by atoms with van der Waals surface area (Å²) in [5.41, 5.74) is 1.91. The minimum absolute atomic E-state index is 0.000627. The van der Waals surface area contributed by atoms with Crippen LogP contribution >= 0.6 is 0 Å². The first-order valence-electron chi connectivity index (χ1n) is 7.24. The van der Waals surface area contributed by atoms with E-state index >= 15 is 0 Å². The van der Waals surface area contributed by atoms with E-state index in [9.17, 15) is 18.3 Å². The van der Waals surface area contributed by atoms with Crippen molar-refractivity contribution in [2.24, 2.45) is 5.14 Å². The van der Waals surface area contributed by atoms with Gasteiger partial charge >= 0.3 is 5.97 Å².